The lowest BCUT2D eigenvalue weighted by Crippen LogP contribution is -2.13. The maximum Gasteiger partial charge on any atom is 0.335 e. The van der Waals surface area contributed by atoms with E-state index in [0.717, 1.165) is 0 Å². The van der Waals surface area contributed by atoms with Gasteiger partial charge in [-0.2, -0.15) is 0 Å². The van der Waals surface area contributed by atoms with Crippen LogP contribution in [0.5, 0.6) is 5.75 Å². The van der Waals surface area contributed by atoms with Crippen molar-refractivity contribution >= 4 is 22.6 Å². The molecule has 0 spiro atoms. The minimum atomic E-state index is -1.00. The Labute approximate surface area is 109 Å². The van der Waals surface area contributed by atoms with E-state index in [2.05, 4.69) is 0 Å². The van der Waals surface area contributed by atoms with Gasteiger partial charge in [0.15, 0.2) is 0 Å². The maximum absolute atomic E-state index is 11.6. The van der Waals surface area contributed by atoms with Crippen LogP contribution in [0.1, 0.15) is 26.3 Å². The zero-order valence-corrected chi connectivity index (χ0v) is 10.6. The molecule has 0 aliphatic rings. The molecule has 0 bridgehead atoms. The van der Waals surface area contributed by atoms with Crippen LogP contribution in [0.25, 0.3) is 10.8 Å². The fourth-order valence-corrected chi connectivity index (χ4v) is 2.19. The second-order valence-corrected chi connectivity index (χ2v) is 4.15. The van der Waals surface area contributed by atoms with Crippen molar-refractivity contribution in [1.29, 1.82) is 0 Å². The van der Waals surface area contributed by atoms with Gasteiger partial charge < -0.3 is 15.6 Å². The molecule has 0 atom stereocenters. The lowest BCUT2D eigenvalue weighted by Gasteiger charge is -2.12. The van der Waals surface area contributed by atoms with Gasteiger partial charge >= 0.3 is 5.97 Å². The summed E-state index contributed by atoms with van der Waals surface area (Å²) in [6.45, 7) is 1.70. The standard InChI is InChI=1S/C14H13NO4/c1-7-8-5-6-11(19-2)12(13(15)16)10(8)4-3-9(7)14(17)18/h3-6H,1-2H3,(H2,15,16)(H,17,18). The van der Waals surface area contributed by atoms with Gasteiger partial charge in [-0.25, -0.2) is 4.79 Å². The van der Waals surface area contributed by atoms with Crippen LogP contribution in [-0.2, 0) is 0 Å². The number of hydrogen-bond donors (Lipinski definition) is 2. The Morgan fingerprint density at radius 2 is 1.79 bits per heavy atom. The number of aromatic carboxylic acids is 1. The van der Waals surface area contributed by atoms with Crippen LogP contribution >= 0.6 is 0 Å². The second kappa shape index (κ2) is 4.61. The summed E-state index contributed by atoms with van der Waals surface area (Å²) >= 11 is 0. The largest absolute Gasteiger partial charge is 0.496 e. The fourth-order valence-electron chi connectivity index (χ4n) is 2.19. The van der Waals surface area contributed by atoms with Crippen molar-refractivity contribution in [3.63, 3.8) is 0 Å². The van der Waals surface area contributed by atoms with Gasteiger partial charge in [0.25, 0.3) is 5.91 Å². The predicted octanol–water partition coefficient (Wildman–Crippen LogP) is 1.95. The average Bonchev–Trinajstić information content (AvgIpc) is 2.37. The Balaban J connectivity index is 2.89. The van der Waals surface area contributed by atoms with E-state index in [4.69, 9.17) is 15.6 Å². The molecule has 19 heavy (non-hydrogen) atoms. The van der Waals surface area contributed by atoms with Crippen molar-refractivity contribution in [3.8, 4) is 5.75 Å². The number of primary amides is 1. The predicted molar refractivity (Wildman–Crippen MR) is 70.7 cm³/mol. The highest BCUT2D eigenvalue weighted by molar-refractivity contribution is 6.11. The van der Waals surface area contributed by atoms with Gasteiger partial charge in [-0.1, -0.05) is 12.1 Å². The summed E-state index contributed by atoms with van der Waals surface area (Å²) in [7, 11) is 1.45. The zero-order chi connectivity index (χ0) is 14.2. The number of aryl methyl sites for hydroxylation is 1. The van der Waals surface area contributed by atoms with Crippen LogP contribution in [0, 0.1) is 6.92 Å². The lowest BCUT2D eigenvalue weighted by molar-refractivity contribution is 0.0696. The Kier molecular flexibility index (Phi) is 3.12. The van der Waals surface area contributed by atoms with E-state index in [-0.39, 0.29) is 11.1 Å². The number of amides is 1. The highest BCUT2D eigenvalue weighted by Gasteiger charge is 2.17. The molecule has 2 aromatic carbocycles. The molecule has 0 saturated carbocycles. The van der Waals surface area contributed by atoms with E-state index in [9.17, 15) is 9.59 Å². The molecule has 0 fully saturated rings. The number of carboxylic acid groups (broad SMARTS) is 1. The van der Waals surface area contributed by atoms with E-state index < -0.39 is 11.9 Å². The van der Waals surface area contributed by atoms with Crippen LogP contribution in [-0.4, -0.2) is 24.1 Å². The van der Waals surface area contributed by atoms with E-state index >= 15 is 0 Å². The first-order valence-electron chi connectivity index (χ1n) is 5.60. The zero-order valence-electron chi connectivity index (χ0n) is 10.6. The molecular weight excluding hydrogens is 246 g/mol. The highest BCUT2D eigenvalue weighted by atomic mass is 16.5. The Morgan fingerprint density at radius 3 is 2.32 bits per heavy atom. The molecule has 0 aliphatic carbocycles. The van der Waals surface area contributed by atoms with Crippen LogP contribution in [0.2, 0.25) is 0 Å². The topological polar surface area (TPSA) is 89.6 Å². The number of benzene rings is 2. The van der Waals surface area contributed by atoms with Gasteiger partial charge in [-0.15, -0.1) is 0 Å². The van der Waals surface area contributed by atoms with Crippen molar-refractivity contribution in [2.24, 2.45) is 5.73 Å². The van der Waals surface area contributed by atoms with Gasteiger partial charge in [0, 0.05) is 0 Å². The smallest absolute Gasteiger partial charge is 0.335 e. The van der Waals surface area contributed by atoms with E-state index in [1.54, 1.807) is 25.1 Å². The number of nitrogens with two attached hydrogens (primary N) is 1. The lowest BCUT2D eigenvalue weighted by atomic mass is 9.96. The normalized spacial score (nSPS) is 10.4. The van der Waals surface area contributed by atoms with Gasteiger partial charge in [0.05, 0.1) is 18.2 Å². The van der Waals surface area contributed by atoms with E-state index in [0.29, 0.717) is 22.1 Å². The highest BCUT2D eigenvalue weighted by Crippen LogP contribution is 2.31. The monoisotopic (exact) mass is 259 g/mol. The SMILES string of the molecule is COc1ccc2c(C)c(C(=O)O)ccc2c1C(N)=O. The molecule has 0 heterocycles. The molecule has 5 nitrogen and oxygen atoms in total. The first-order valence-corrected chi connectivity index (χ1v) is 5.60. The number of methoxy groups -OCH3 is 1. The quantitative estimate of drug-likeness (QED) is 0.881. The molecule has 3 N–H and O–H groups in total. The average molecular weight is 259 g/mol. The van der Waals surface area contributed by atoms with Crippen LogP contribution in [0.4, 0.5) is 0 Å². The Morgan fingerprint density at radius 1 is 1.16 bits per heavy atom. The van der Waals surface area contributed by atoms with Gasteiger partial charge in [-0.05, 0) is 35.4 Å². The summed E-state index contributed by atoms with van der Waals surface area (Å²) in [4.78, 5) is 22.6. The molecule has 2 rings (SSSR count). The van der Waals surface area contributed by atoms with Crippen LogP contribution in [0.3, 0.4) is 0 Å². The van der Waals surface area contributed by atoms with Gasteiger partial charge in [0.2, 0.25) is 0 Å². The number of ether oxygens (including phenoxy) is 1. The minimum absolute atomic E-state index is 0.202. The summed E-state index contributed by atoms with van der Waals surface area (Å²) in [6, 6.07) is 6.38. The van der Waals surface area contributed by atoms with Crippen LogP contribution < -0.4 is 10.5 Å². The summed E-state index contributed by atoms with van der Waals surface area (Å²) in [6.07, 6.45) is 0. The molecule has 98 valence electrons. The van der Waals surface area contributed by atoms with E-state index in [1.165, 1.54) is 13.2 Å². The molecule has 5 heteroatoms. The molecule has 0 aliphatic heterocycles. The molecule has 0 unspecified atom stereocenters. The van der Waals surface area contributed by atoms with Gasteiger partial charge in [0.1, 0.15) is 5.75 Å². The number of carboxylic acids is 1. The van der Waals surface area contributed by atoms with E-state index in [1.807, 2.05) is 0 Å². The van der Waals surface area contributed by atoms with Gasteiger partial charge in [-0.3, -0.25) is 4.79 Å². The third-order valence-electron chi connectivity index (χ3n) is 3.13. The summed E-state index contributed by atoms with van der Waals surface area (Å²) in [5.74, 6) is -1.23. The number of fused-ring (bicyclic) bond motifs is 1. The number of carbonyl (C=O) groups excluding carboxylic acids is 1. The Bertz CT molecular complexity index is 691. The minimum Gasteiger partial charge on any atom is -0.496 e. The summed E-state index contributed by atoms with van der Waals surface area (Å²) in [5.41, 5.74) is 6.43. The Hall–Kier alpha value is -2.56. The van der Waals surface area contributed by atoms with Crippen LogP contribution in [0.15, 0.2) is 24.3 Å². The third kappa shape index (κ3) is 1.99. The van der Waals surface area contributed by atoms with Crippen molar-refractivity contribution in [2.75, 3.05) is 7.11 Å². The fraction of sp³-hybridized carbons (Fsp3) is 0.143. The number of rotatable bonds is 3. The van der Waals surface area contributed by atoms with Crippen molar-refractivity contribution in [2.45, 2.75) is 6.92 Å². The van der Waals surface area contributed by atoms with Crippen molar-refractivity contribution in [3.05, 3.63) is 41.0 Å². The molecule has 2 aromatic rings. The maximum atomic E-state index is 11.6. The number of hydrogen-bond acceptors (Lipinski definition) is 3. The second-order valence-electron chi connectivity index (χ2n) is 4.15. The van der Waals surface area contributed by atoms with Crippen molar-refractivity contribution in [1.82, 2.24) is 0 Å². The first kappa shape index (κ1) is 12.9. The number of carbonyl (C=O) groups is 2. The van der Waals surface area contributed by atoms with Crippen molar-refractivity contribution < 1.29 is 19.4 Å². The molecule has 1 amide bonds. The summed E-state index contributed by atoms with van der Waals surface area (Å²) < 4.78 is 5.12. The third-order valence-corrected chi connectivity index (χ3v) is 3.13. The molecule has 0 radical (unpaired) electrons. The molecule has 0 aromatic heterocycles. The summed E-state index contributed by atoms with van der Waals surface area (Å²) in [5, 5.41) is 10.4. The molecule has 0 saturated heterocycles. The molecular formula is C14H13NO4. The first-order chi connectivity index (χ1) is 8.97.